The molecule has 182 valence electrons. The van der Waals surface area contributed by atoms with E-state index in [1.165, 1.54) is 5.69 Å². The molecule has 3 heterocycles. The maximum absolute atomic E-state index is 13.3. The number of anilines is 1. The summed E-state index contributed by atoms with van der Waals surface area (Å²) in [5.41, 5.74) is 2.50. The van der Waals surface area contributed by atoms with Crippen molar-refractivity contribution in [1.82, 2.24) is 9.80 Å². The lowest BCUT2D eigenvalue weighted by Crippen LogP contribution is -2.50. The minimum absolute atomic E-state index is 0.228. The second-order valence-electron chi connectivity index (χ2n) is 10.3. The van der Waals surface area contributed by atoms with Gasteiger partial charge in [-0.05, 0) is 74.2 Å². The van der Waals surface area contributed by atoms with Gasteiger partial charge < -0.3 is 14.2 Å². The van der Waals surface area contributed by atoms with Crippen LogP contribution in [0.5, 0.6) is 0 Å². The lowest BCUT2D eigenvalue weighted by molar-refractivity contribution is -0.134. The third-order valence-corrected chi connectivity index (χ3v) is 8.44. The van der Waals surface area contributed by atoms with E-state index in [1.54, 1.807) is 0 Å². The predicted octanol–water partition coefficient (Wildman–Crippen LogP) is 5.55. The molecule has 5 nitrogen and oxygen atoms in total. The van der Waals surface area contributed by atoms with Crippen LogP contribution in [0.15, 0.2) is 71.1 Å². The zero-order chi connectivity index (χ0) is 23.8. The smallest absolute Gasteiger partial charge is 0.226 e. The highest BCUT2D eigenvalue weighted by Crippen LogP contribution is 2.60. The second kappa shape index (κ2) is 9.36. The lowest BCUT2D eigenvalue weighted by Gasteiger charge is -2.37. The van der Waals surface area contributed by atoms with Crippen molar-refractivity contribution in [2.24, 2.45) is 11.3 Å². The Morgan fingerprint density at radius 2 is 1.69 bits per heavy atom. The Balaban J connectivity index is 0.989. The molecule has 1 spiro atoms. The van der Waals surface area contributed by atoms with Crippen LogP contribution in [0.1, 0.15) is 25.0 Å². The third kappa shape index (κ3) is 4.72. The van der Waals surface area contributed by atoms with Crippen LogP contribution in [0.4, 0.5) is 5.69 Å². The molecule has 1 aromatic heterocycles. The van der Waals surface area contributed by atoms with Gasteiger partial charge in [0, 0.05) is 48.4 Å². The van der Waals surface area contributed by atoms with Gasteiger partial charge in [0.05, 0.1) is 6.54 Å². The fraction of sp³-hybridized carbons (Fsp3) is 0.414. The van der Waals surface area contributed by atoms with Gasteiger partial charge in [-0.15, -0.1) is 0 Å². The predicted molar refractivity (Wildman–Crippen MR) is 139 cm³/mol. The molecule has 1 saturated carbocycles. The first-order valence-corrected chi connectivity index (χ1v) is 13.1. The average molecular weight is 490 g/mol. The fourth-order valence-electron chi connectivity index (χ4n) is 5.93. The molecule has 3 aromatic rings. The van der Waals surface area contributed by atoms with Gasteiger partial charge in [-0.25, -0.2) is 0 Å². The van der Waals surface area contributed by atoms with Gasteiger partial charge in [-0.2, -0.15) is 0 Å². The molecule has 1 atom stereocenters. The monoisotopic (exact) mass is 489 g/mol. The highest BCUT2D eigenvalue weighted by Gasteiger charge is 2.59. The fourth-order valence-corrected chi connectivity index (χ4v) is 6.12. The number of piperazine rings is 1. The maximum Gasteiger partial charge on any atom is 0.226 e. The molecule has 6 rings (SSSR count). The first kappa shape index (κ1) is 22.7. The highest BCUT2D eigenvalue weighted by molar-refractivity contribution is 6.30. The number of carbonyl (C=O) groups excluding carboxylic acids is 1. The van der Waals surface area contributed by atoms with Crippen molar-refractivity contribution in [1.29, 1.82) is 0 Å². The van der Waals surface area contributed by atoms with Crippen molar-refractivity contribution in [3.63, 3.8) is 0 Å². The molecule has 6 heteroatoms. The van der Waals surface area contributed by atoms with E-state index in [-0.39, 0.29) is 11.3 Å². The number of likely N-dealkylation sites (tertiary alicyclic amines) is 1. The number of furan rings is 1. The SMILES string of the molecule is O=C([C@H]1CC12CCN(Cc1ccc(-c3cccc(Cl)c3)o1)CC2)N1CCN(c2ccccc2)CC1. The van der Waals surface area contributed by atoms with Gasteiger partial charge in [0.25, 0.3) is 0 Å². The molecule has 3 fully saturated rings. The number of benzene rings is 2. The summed E-state index contributed by atoms with van der Waals surface area (Å²) in [5, 5.41) is 0.716. The molecule has 2 aromatic carbocycles. The van der Waals surface area contributed by atoms with Gasteiger partial charge in [0.1, 0.15) is 11.5 Å². The van der Waals surface area contributed by atoms with Crippen LogP contribution in [0, 0.1) is 11.3 Å². The zero-order valence-electron chi connectivity index (χ0n) is 20.0. The number of para-hydroxylation sites is 1. The van der Waals surface area contributed by atoms with E-state index < -0.39 is 0 Å². The first-order chi connectivity index (χ1) is 17.1. The van der Waals surface area contributed by atoms with Crippen LogP contribution >= 0.6 is 11.6 Å². The molecular formula is C29H32ClN3O2. The molecule has 2 saturated heterocycles. The van der Waals surface area contributed by atoms with E-state index in [2.05, 4.69) is 45.0 Å². The topological polar surface area (TPSA) is 39.9 Å². The van der Waals surface area contributed by atoms with E-state index in [0.717, 1.165) is 82.2 Å². The number of hydrogen-bond acceptors (Lipinski definition) is 4. The number of rotatable bonds is 5. The van der Waals surface area contributed by atoms with Gasteiger partial charge in [-0.1, -0.05) is 41.9 Å². The van der Waals surface area contributed by atoms with Crippen molar-refractivity contribution >= 4 is 23.2 Å². The van der Waals surface area contributed by atoms with Gasteiger partial charge in [-0.3, -0.25) is 9.69 Å². The molecule has 0 bridgehead atoms. The molecule has 3 aliphatic rings. The van der Waals surface area contributed by atoms with Crippen LogP contribution in [0.25, 0.3) is 11.3 Å². The molecular weight excluding hydrogens is 458 g/mol. The van der Waals surface area contributed by atoms with Crippen LogP contribution in [0.3, 0.4) is 0 Å². The summed E-state index contributed by atoms with van der Waals surface area (Å²) in [6.07, 6.45) is 3.28. The summed E-state index contributed by atoms with van der Waals surface area (Å²) >= 11 is 6.13. The summed E-state index contributed by atoms with van der Waals surface area (Å²) in [6, 6.07) is 22.4. The molecule has 2 aliphatic heterocycles. The molecule has 35 heavy (non-hydrogen) atoms. The Hall–Kier alpha value is -2.76. The van der Waals surface area contributed by atoms with Crippen molar-refractivity contribution in [3.05, 3.63) is 77.5 Å². The Kier molecular flexibility index (Phi) is 6.07. The third-order valence-electron chi connectivity index (χ3n) is 8.20. The van der Waals surface area contributed by atoms with Crippen LogP contribution in [-0.4, -0.2) is 55.0 Å². The van der Waals surface area contributed by atoms with E-state index in [4.69, 9.17) is 16.0 Å². The van der Waals surface area contributed by atoms with Crippen molar-refractivity contribution < 1.29 is 9.21 Å². The number of hydrogen-bond donors (Lipinski definition) is 0. The summed E-state index contributed by atoms with van der Waals surface area (Å²) in [7, 11) is 0. The number of carbonyl (C=O) groups is 1. The summed E-state index contributed by atoms with van der Waals surface area (Å²) in [5.74, 6) is 2.46. The largest absolute Gasteiger partial charge is 0.460 e. The zero-order valence-corrected chi connectivity index (χ0v) is 20.8. The van der Waals surface area contributed by atoms with Gasteiger partial charge in [0.15, 0.2) is 0 Å². The standard InChI is InChI=1S/C29H32ClN3O2/c30-23-6-4-5-22(19-23)27-10-9-25(35-27)21-31-13-11-29(12-14-31)20-26(29)28(34)33-17-15-32(16-18-33)24-7-2-1-3-8-24/h1-10,19,26H,11-18,20-21H2/t26-/m1/s1. The van der Waals surface area contributed by atoms with Crippen molar-refractivity contribution in [3.8, 4) is 11.3 Å². The molecule has 1 amide bonds. The number of piperidine rings is 1. The van der Waals surface area contributed by atoms with Crippen molar-refractivity contribution in [2.75, 3.05) is 44.2 Å². The Bertz CT molecular complexity index is 1180. The lowest BCUT2D eigenvalue weighted by atomic mass is 9.90. The van der Waals surface area contributed by atoms with E-state index >= 15 is 0 Å². The Morgan fingerprint density at radius 1 is 0.914 bits per heavy atom. The molecule has 0 radical (unpaired) electrons. The number of nitrogens with zero attached hydrogens (tertiary/aromatic N) is 3. The second-order valence-corrected chi connectivity index (χ2v) is 10.8. The highest BCUT2D eigenvalue weighted by atomic mass is 35.5. The quantitative estimate of drug-likeness (QED) is 0.471. The Labute approximate surface area is 212 Å². The van der Waals surface area contributed by atoms with E-state index in [9.17, 15) is 4.79 Å². The summed E-state index contributed by atoms with van der Waals surface area (Å²) in [4.78, 5) is 20.2. The van der Waals surface area contributed by atoms with Crippen LogP contribution in [-0.2, 0) is 11.3 Å². The van der Waals surface area contributed by atoms with Crippen molar-refractivity contribution in [2.45, 2.75) is 25.8 Å². The van der Waals surface area contributed by atoms with Gasteiger partial charge >= 0.3 is 0 Å². The molecule has 0 N–H and O–H groups in total. The average Bonchev–Trinajstić information content (AvgIpc) is 3.39. The summed E-state index contributed by atoms with van der Waals surface area (Å²) < 4.78 is 6.11. The first-order valence-electron chi connectivity index (χ1n) is 12.8. The maximum atomic E-state index is 13.3. The minimum atomic E-state index is 0.228. The minimum Gasteiger partial charge on any atom is -0.460 e. The van der Waals surface area contributed by atoms with Crippen LogP contribution in [0.2, 0.25) is 5.02 Å². The molecule has 0 unspecified atom stereocenters. The van der Waals surface area contributed by atoms with Gasteiger partial charge in [0.2, 0.25) is 5.91 Å². The van der Waals surface area contributed by atoms with E-state index in [0.29, 0.717) is 10.9 Å². The summed E-state index contributed by atoms with van der Waals surface area (Å²) in [6.45, 7) is 6.38. The van der Waals surface area contributed by atoms with E-state index in [1.807, 2.05) is 36.4 Å². The Morgan fingerprint density at radius 3 is 2.43 bits per heavy atom. The number of amides is 1. The number of halogens is 1. The molecule has 1 aliphatic carbocycles. The van der Waals surface area contributed by atoms with Crippen LogP contribution < -0.4 is 4.90 Å². The normalized spacial score (nSPS) is 21.9.